The highest BCUT2D eigenvalue weighted by Crippen LogP contribution is 2.44. The molecule has 6 aliphatic rings. The third-order valence-electron chi connectivity index (χ3n) is 13.3. The highest BCUT2D eigenvalue weighted by molar-refractivity contribution is 6.31. The Morgan fingerprint density at radius 1 is 0.864 bits per heavy atom. The zero-order chi connectivity index (χ0) is 41.0. The van der Waals surface area contributed by atoms with Crippen molar-refractivity contribution in [1.82, 2.24) is 24.7 Å². The van der Waals surface area contributed by atoms with E-state index in [4.69, 9.17) is 27.3 Å². The van der Waals surface area contributed by atoms with Crippen LogP contribution in [0.3, 0.4) is 0 Å². The number of nitrogens with zero attached hydrogens (tertiary/aromatic N) is 8. The lowest BCUT2D eigenvalue weighted by molar-refractivity contribution is -0.155. The summed E-state index contributed by atoms with van der Waals surface area (Å²) in [6.07, 6.45) is 8.59. The van der Waals surface area contributed by atoms with Crippen LogP contribution in [-0.4, -0.2) is 118 Å². The van der Waals surface area contributed by atoms with E-state index >= 15 is 0 Å². The van der Waals surface area contributed by atoms with E-state index < -0.39 is 29.7 Å². The molecule has 5 fully saturated rings. The van der Waals surface area contributed by atoms with Crippen molar-refractivity contribution >= 4 is 52.6 Å². The van der Waals surface area contributed by atoms with Gasteiger partial charge in [-0.2, -0.15) is 5.26 Å². The maximum absolute atomic E-state index is 14.0. The number of ether oxygens (including phenoxy) is 1. The van der Waals surface area contributed by atoms with Gasteiger partial charge < -0.3 is 25.2 Å². The summed E-state index contributed by atoms with van der Waals surface area (Å²) >= 11 is 6.18. The minimum Gasteiger partial charge on any atom is -0.490 e. The molecule has 1 spiro atoms. The predicted molar refractivity (Wildman–Crippen MR) is 216 cm³/mol. The number of hydrogen-bond donors (Lipinski definition) is 1. The van der Waals surface area contributed by atoms with Gasteiger partial charge in [0.1, 0.15) is 29.4 Å². The molecule has 1 unspecified atom stereocenters. The largest absolute Gasteiger partial charge is 0.490 e. The average Bonchev–Trinajstić information content (AvgIpc) is 3.76. The molecule has 2 N–H and O–H groups in total. The van der Waals surface area contributed by atoms with Crippen LogP contribution in [0.25, 0.3) is 0 Å². The van der Waals surface area contributed by atoms with Crippen LogP contribution in [0.5, 0.6) is 5.75 Å². The number of imide groups is 2. The summed E-state index contributed by atoms with van der Waals surface area (Å²) < 4.78 is 6.11. The van der Waals surface area contributed by atoms with E-state index in [1.807, 2.05) is 12.1 Å². The number of primary amides is 1. The number of halogens is 1. The Hall–Kier alpha value is -5.59. The molecular weight excluding hydrogens is 774 g/mol. The molecule has 15 nitrogen and oxygen atoms in total. The zero-order valence-electron chi connectivity index (χ0n) is 32.7. The number of nitrogens with two attached hydrogens (primary N) is 1. The van der Waals surface area contributed by atoms with Crippen molar-refractivity contribution < 1.29 is 28.7 Å². The molecule has 59 heavy (non-hydrogen) atoms. The molecule has 2 aromatic carbocycles. The number of piperidine rings is 2. The van der Waals surface area contributed by atoms with Crippen LogP contribution in [0, 0.1) is 22.7 Å². The summed E-state index contributed by atoms with van der Waals surface area (Å²) in [6.45, 7) is 6.67. The molecule has 6 heterocycles. The minimum atomic E-state index is -1.04. The van der Waals surface area contributed by atoms with E-state index in [-0.39, 0.29) is 42.0 Å². The van der Waals surface area contributed by atoms with E-state index in [0.717, 1.165) is 81.5 Å². The summed E-state index contributed by atoms with van der Waals surface area (Å²) in [6, 6.07) is 11.0. The fourth-order valence-electron chi connectivity index (χ4n) is 10.1. The fraction of sp³-hybridized carbons (Fsp3) is 0.488. The van der Waals surface area contributed by atoms with Crippen molar-refractivity contribution in [3.8, 4) is 11.8 Å². The van der Waals surface area contributed by atoms with Gasteiger partial charge in [-0.05, 0) is 94.2 Å². The normalized spacial score (nSPS) is 24.7. The first kappa shape index (κ1) is 38.9. The molecule has 3 aromatic rings. The molecule has 5 aliphatic heterocycles. The molecule has 306 valence electrons. The zero-order valence-corrected chi connectivity index (χ0v) is 33.5. The van der Waals surface area contributed by atoms with E-state index in [1.54, 1.807) is 36.5 Å². The van der Waals surface area contributed by atoms with Crippen LogP contribution >= 0.6 is 11.6 Å². The average molecular weight is 820 g/mol. The quantitative estimate of drug-likeness (QED) is 0.306. The van der Waals surface area contributed by atoms with Crippen LogP contribution in [0.2, 0.25) is 5.02 Å². The van der Waals surface area contributed by atoms with E-state index in [2.05, 4.69) is 24.7 Å². The van der Waals surface area contributed by atoms with E-state index in [1.165, 1.54) is 11.1 Å². The SMILES string of the molecule is N#Cc1ccc(OC2CCC(N3C(=O)CCC(N4C(=O)c5ccc(N6CC7(CCN(CC8CCN(c9cnc(C(N)=O)cn9)CC8)C7)C6)cc5C4=O)C3=O)CC2)cc1Cl. The Bertz CT molecular complexity index is 2240. The molecule has 9 rings (SSSR count). The van der Waals surface area contributed by atoms with Gasteiger partial charge in [-0.25, -0.2) is 9.97 Å². The predicted octanol–water partition coefficient (Wildman–Crippen LogP) is 4.03. The lowest BCUT2D eigenvalue weighted by Crippen LogP contribution is -2.59. The Labute approximate surface area is 347 Å². The molecule has 0 radical (unpaired) electrons. The van der Waals surface area contributed by atoms with Crippen molar-refractivity contribution in [3.63, 3.8) is 0 Å². The van der Waals surface area contributed by atoms with Crippen molar-refractivity contribution in [1.29, 1.82) is 5.26 Å². The molecule has 1 saturated carbocycles. The van der Waals surface area contributed by atoms with Crippen molar-refractivity contribution in [2.75, 3.05) is 55.6 Å². The monoisotopic (exact) mass is 819 g/mol. The van der Waals surface area contributed by atoms with Gasteiger partial charge in [0.15, 0.2) is 0 Å². The highest BCUT2D eigenvalue weighted by atomic mass is 35.5. The topological polar surface area (TPSA) is 186 Å². The minimum absolute atomic E-state index is 0.0740. The fourth-order valence-corrected chi connectivity index (χ4v) is 10.3. The van der Waals surface area contributed by atoms with Crippen LogP contribution in [-0.2, 0) is 9.59 Å². The van der Waals surface area contributed by atoms with Crippen molar-refractivity contribution in [2.45, 2.75) is 76.0 Å². The van der Waals surface area contributed by atoms with Crippen molar-refractivity contribution in [3.05, 3.63) is 76.2 Å². The van der Waals surface area contributed by atoms with Gasteiger partial charge in [0.2, 0.25) is 5.91 Å². The number of likely N-dealkylation sites (tertiary alicyclic amines) is 2. The Morgan fingerprint density at radius 2 is 1.63 bits per heavy atom. The van der Waals surface area contributed by atoms with Gasteiger partial charge in [-0.3, -0.25) is 33.8 Å². The number of fused-ring (bicyclic) bond motifs is 1. The molecule has 0 bridgehead atoms. The number of benzene rings is 2. The third-order valence-corrected chi connectivity index (χ3v) is 13.6. The number of aromatic nitrogens is 2. The van der Waals surface area contributed by atoms with Crippen LogP contribution in [0.1, 0.15) is 94.6 Å². The second kappa shape index (κ2) is 15.5. The maximum Gasteiger partial charge on any atom is 0.268 e. The van der Waals surface area contributed by atoms with Gasteiger partial charge in [-0.15, -0.1) is 0 Å². The van der Waals surface area contributed by atoms with E-state index in [9.17, 15) is 24.0 Å². The number of nitriles is 1. The Kier molecular flexibility index (Phi) is 10.2. The maximum atomic E-state index is 14.0. The van der Waals surface area contributed by atoms with Crippen LogP contribution in [0.15, 0.2) is 48.8 Å². The number of rotatable bonds is 9. The summed E-state index contributed by atoms with van der Waals surface area (Å²) in [7, 11) is 0. The summed E-state index contributed by atoms with van der Waals surface area (Å²) in [5.74, 6) is -0.419. The lowest BCUT2D eigenvalue weighted by atomic mass is 9.78. The van der Waals surface area contributed by atoms with Crippen molar-refractivity contribution in [2.24, 2.45) is 17.1 Å². The first-order chi connectivity index (χ1) is 28.5. The molecule has 16 heteroatoms. The Morgan fingerprint density at radius 3 is 2.32 bits per heavy atom. The number of anilines is 2. The Balaban J connectivity index is 0.771. The number of hydrogen-bond acceptors (Lipinski definition) is 12. The molecule has 1 aromatic heterocycles. The molecule has 1 atom stereocenters. The third kappa shape index (κ3) is 7.37. The number of amides is 5. The van der Waals surface area contributed by atoms with Crippen LogP contribution in [0.4, 0.5) is 11.5 Å². The standard InChI is InChI=1S/C43H46ClN9O6/c44-34-18-31(5-1-27(34)19-45)59-30-6-2-28(3-7-30)52-38(54)10-9-36(42(52)58)53-40(56)32-8-4-29(17-33(32)41(53)57)51-24-43(25-51)13-16-49(23-43)22-26-11-14-50(15-12-26)37-21-47-35(20-48-37)39(46)55/h1,4-5,8,17-18,20-21,26,28,30,36H,2-3,6-7,9-16,22-25H2,(H2,46,55). The first-order valence-electron chi connectivity index (χ1n) is 20.6. The molecular formula is C43H46ClN9O6. The molecule has 5 amide bonds. The second-order valence-electron chi connectivity index (χ2n) is 17.1. The molecule has 1 aliphatic carbocycles. The van der Waals surface area contributed by atoms with Crippen LogP contribution < -0.4 is 20.3 Å². The summed E-state index contributed by atoms with van der Waals surface area (Å²) in [4.78, 5) is 84.3. The van der Waals surface area contributed by atoms with E-state index in [0.29, 0.717) is 59.1 Å². The van der Waals surface area contributed by atoms with Gasteiger partial charge in [0.25, 0.3) is 23.6 Å². The van der Waals surface area contributed by atoms with Gasteiger partial charge in [-0.1, -0.05) is 11.6 Å². The summed E-state index contributed by atoms with van der Waals surface area (Å²) in [5.41, 5.74) is 7.51. The molecule has 4 saturated heterocycles. The first-order valence-corrected chi connectivity index (χ1v) is 21.0. The smallest absolute Gasteiger partial charge is 0.268 e. The lowest BCUT2D eigenvalue weighted by Gasteiger charge is -2.49. The van der Waals surface area contributed by atoms with Gasteiger partial charge in [0, 0.05) is 68.9 Å². The number of carbonyl (C=O) groups is 5. The van der Waals surface area contributed by atoms with Gasteiger partial charge >= 0.3 is 0 Å². The van der Waals surface area contributed by atoms with Gasteiger partial charge in [0.05, 0.1) is 40.2 Å². The number of carbonyl (C=O) groups excluding carboxylic acids is 5. The second-order valence-corrected chi connectivity index (χ2v) is 17.5. The highest BCUT2D eigenvalue weighted by Gasteiger charge is 2.51. The summed E-state index contributed by atoms with van der Waals surface area (Å²) in [5, 5.41) is 9.47.